The zero-order chi connectivity index (χ0) is 13.9. The van der Waals surface area contributed by atoms with Crippen LogP contribution in [0.1, 0.15) is 38.1 Å². The first-order valence-electron chi connectivity index (χ1n) is 5.95. The fourth-order valence-corrected chi connectivity index (χ4v) is 1.49. The summed E-state index contributed by atoms with van der Waals surface area (Å²) in [4.78, 5) is 11.8. The molecule has 100 valence electrons. The first-order chi connectivity index (χ1) is 8.21. The summed E-state index contributed by atoms with van der Waals surface area (Å²) in [6, 6.07) is 3.96. The van der Waals surface area contributed by atoms with Gasteiger partial charge in [0.2, 0.25) is 0 Å². The first kappa shape index (κ1) is 15.0. The number of benzene rings is 1. The van der Waals surface area contributed by atoms with Gasteiger partial charge in [0, 0.05) is 11.6 Å². The number of hydrogen-bond acceptors (Lipinski definition) is 1. The molecule has 0 aliphatic carbocycles. The summed E-state index contributed by atoms with van der Waals surface area (Å²) in [5.74, 6) is -0.685. The van der Waals surface area contributed by atoms with Gasteiger partial charge < -0.3 is 5.32 Å². The molecule has 0 bridgehead atoms. The van der Waals surface area contributed by atoms with Crippen molar-refractivity contribution in [2.45, 2.75) is 27.7 Å². The number of halogens is 2. The lowest BCUT2D eigenvalue weighted by atomic mass is 9.82. The zero-order valence-corrected chi connectivity index (χ0v) is 11.9. The molecule has 0 aromatic heterocycles. The van der Waals surface area contributed by atoms with Crippen molar-refractivity contribution in [2.24, 2.45) is 11.3 Å². The van der Waals surface area contributed by atoms with Gasteiger partial charge in [0.25, 0.3) is 5.91 Å². The molecule has 0 aliphatic heterocycles. The number of carbonyl (C=O) groups is 1. The Balaban J connectivity index is 2.69. The van der Waals surface area contributed by atoms with Gasteiger partial charge in [-0.2, -0.15) is 0 Å². The molecular formula is C14H19ClFNO. The highest BCUT2D eigenvalue weighted by molar-refractivity contribution is 6.30. The normalized spacial score (nSPS) is 13.2. The van der Waals surface area contributed by atoms with E-state index >= 15 is 0 Å². The quantitative estimate of drug-likeness (QED) is 0.888. The van der Waals surface area contributed by atoms with Crippen LogP contribution in [0.15, 0.2) is 18.2 Å². The van der Waals surface area contributed by atoms with Gasteiger partial charge in [-0.15, -0.1) is 0 Å². The lowest BCUT2D eigenvalue weighted by Crippen LogP contribution is -2.34. The molecule has 1 atom stereocenters. The Hall–Kier alpha value is -1.09. The van der Waals surface area contributed by atoms with E-state index in [9.17, 15) is 9.18 Å². The van der Waals surface area contributed by atoms with Crippen molar-refractivity contribution in [1.82, 2.24) is 5.32 Å². The Morgan fingerprint density at radius 3 is 2.61 bits per heavy atom. The molecule has 0 radical (unpaired) electrons. The van der Waals surface area contributed by atoms with Crippen LogP contribution in [0.4, 0.5) is 4.39 Å². The molecule has 18 heavy (non-hydrogen) atoms. The minimum atomic E-state index is -0.555. The highest BCUT2D eigenvalue weighted by atomic mass is 35.5. The molecular weight excluding hydrogens is 253 g/mol. The molecule has 4 heteroatoms. The monoisotopic (exact) mass is 271 g/mol. The number of rotatable bonds is 3. The van der Waals surface area contributed by atoms with Gasteiger partial charge in [0.1, 0.15) is 5.82 Å². The van der Waals surface area contributed by atoms with E-state index in [1.54, 1.807) is 0 Å². The molecule has 2 nitrogen and oxygen atoms in total. The Morgan fingerprint density at radius 1 is 1.44 bits per heavy atom. The van der Waals surface area contributed by atoms with E-state index in [-0.39, 0.29) is 11.0 Å². The Labute approximate surface area is 113 Å². The minimum Gasteiger partial charge on any atom is -0.352 e. The summed E-state index contributed by atoms with van der Waals surface area (Å²) in [5.41, 5.74) is 0.0868. The molecule has 0 saturated heterocycles. The van der Waals surface area contributed by atoms with E-state index in [1.807, 2.05) is 0 Å². The van der Waals surface area contributed by atoms with Crippen molar-refractivity contribution in [2.75, 3.05) is 6.54 Å². The second-order valence-electron chi connectivity index (χ2n) is 5.60. The van der Waals surface area contributed by atoms with Crippen LogP contribution in [-0.2, 0) is 0 Å². The average molecular weight is 272 g/mol. The van der Waals surface area contributed by atoms with Gasteiger partial charge >= 0.3 is 0 Å². The van der Waals surface area contributed by atoms with Crippen LogP contribution in [0.25, 0.3) is 0 Å². The van der Waals surface area contributed by atoms with Crippen LogP contribution in [0.5, 0.6) is 0 Å². The van der Waals surface area contributed by atoms with E-state index < -0.39 is 11.7 Å². The molecule has 1 amide bonds. The Kier molecular flexibility index (Phi) is 4.74. The third-order valence-electron chi connectivity index (χ3n) is 3.22. The smallest absolute Gasteiger partial charge is 0.254 e. The van der Waals surface area contributed by atoms with E-state index in [0.29, 0.717) is 17.5 Å². The summed E-state index contributed by atoms with van der Waals surface area (Å²) in [6.45, 7) is 8.86. The third kappa shape index (κ3) is 3.98. The molecule has 0 spiro atoms. The fourth-order valence-electron chi connectivity index (χ4n) is 1.32. The van der Waals surface area contributed by atoms with Gasteiger partial charge in [-0.3, -0.25) is 4.79 Å². The molecule has 0 fully saturated rings. The van der Waals surface area contributed by atoms with Crippen molar-refractivity contribution in [3.05, 3.63) is 34.6 Å². The lowest BCUT2D eigenvalue weighted by Gasteiger charge is -2.27. The van der Waals surface area contributed by atoms with Gasteiger partial charge in [-0.05, 0) is 29.5 Å². The summed E-state index contributed by atoms with van der Waals surface area (Å²) in [7, 11) is 0. The molecule has 0 aliphatic rings. The van der Waals surface area contributed by atoms with Gasteiger partial charge in [-0.25, -0.2) is 4.39 Å². The van der Waals surface area contributed by atoms with E-state index in [0.717, 1.165) is 0 Å². The van der Waals surface area contributed by atoms with Crippen LogP contribution in [-0.4, -0.2) is 12.5 Å². The van der Waals surface area contributed by atoms with Gasteiger partial charge in [0.15, 0.2) is 0 Å². The highest BCUT2D eigenvalue weighted by Gasteiger charge is 2.21. The van der Waals surface area contributed by atoms with Crippen molar-refractivity contribution in [3.8, 4) is 0 Å². The SMILES string of the molecule is CC(CNC(=O)c1cc(Cl)ccc1F)C(C)(C)C. The zero-order valence-electron chi connectivity index (χ0n) is 11.2. The maximum atomic E-state index is 13.5. The first-order valence-corrected chi connectivity index (χ1v) is 6.33. The van der Waals surface area contributed by atoms with Gasteiger partial charge in [-0.1, -0.05) is 39.3 Å². The predicted molar refractivity (Wildman–Crippen MR) is 72.4 cm³/mol. The number of amides is 1. The van der Waals surface area contributed by atoms with Crippen molar-refractivity contribution in [1.29, 1.82) is 0 Å². The second-order valence-corrected chi connectivity index (χ2v) is 6.04. The molecule has 1 aromatic rings. The summed E-state index contributed by atoms with van der Waals surface area (Å²) in [6.07, 6.45) is 0. The molecule has 1 N–H and O–H groups in total. The number of hydrogen-bond donors (Lipinski definition) is 1. The summed E-state index contributed by atoms with van der Waals surface area (Å²) < 4.78 is 13.5. The predicted octanol–water partition coefficient (Wildman–Crippen LogP) is 3.89. The number of nitrogens with one attached hydrogen (secondary N) is 1. The van der Waals surface area contributed by atoms with Crippen LogP contribution >= 0.6 is 11.6 Å². The topological polar surface area (TPSA) is 29.1 Å². The molecule has 1 aromatic carbocycles. The van der Waals surface area contributed by atoms with Crippen LogP contribution in [0.3, 0.4) is 0 Å². The van der Waals surface area contributed by atoms with Crippen molar-refractivity contribution in [3.63, 3.8) is 0 Å². The standard InChI is InChI=1S/C14H19ClFNO/c1-9(14(2,3)4)8-17-13(18)11-7-10(15)5-6-12(11)16/h5-7,9H,8H2,1-4H3,(H,17,18). The summed E-state index contributed by atoms with van der Waals surface area (Å²) >= 11 is 5.75. The maximum Gasteiger partial charge on any atom is 0.254 e. The third-order valence-corrected chi connectivity index (χ3v) is 3.46. The molecule has 0 heterocycles. The van der Waals surface area contributed by atoms with E-state index in [2.05, 4.69) is 33.0 Å². The van der Waals surface area contributed by atoms with Crippen molar-refractivity contribution >= 4 is 17.5 Å². The Morgan fingerprint density at radius 2 is 2.06 bits per heavy atom. The van der Waals surface area contributed by atoms with Crippen LogP contribution in [0.2, 0.25) is 5.02 Å². The van der Waals surface area contributed by atoms with Gasteiger partial charge in [0.05, 0.1) is 5.56 Å². The second kappa shape index (κ2) is 5.70. The van der Waals surface area contributed by atoms with Crippen LogP contribution in [0, 0.1) is 17.2 Å². The summed E-state index contributed by atoms with van der Waals surface area (Å²) in [5, 5.41) is 3.09. The maximum absolute atomic E-state index is 13.5. The van der Waals surface area contributed by atoms with E-state index in [1.165, 1.54) is 18.2 Å². The molecule has 1 rings (SSSR count). The number of carbonyl (C=O) groups excluding carboxylic acids is 1. The molecule has 0 saturated carbocycles. The molecule has 1 unspecified atom stereocenters. The largest absolute Gasteiger partial charge is 0.352 e. The minimum absolute atomic E-state index is 0.0105. The van der Waals surface area contributed by atoms with Crippen molar-refractivity contribution < 1.29 is 9.18 Å². The van der Waals surface area contributed by atoms with E-state index in [4.69, 9.17) is 11.6 Å². The average Bonchev–Trinajstić information content (AvgIpc) is 2.27. The Bertz CT molecular complexity index is 440. The van der Waals surface area contributed by atoms with Crippen LogP contribution < -0.4 is 5.32 Å². The lowest BCUT2D eigenvalue weighted by molar-refractivity contribution is 0.0933. The fraction of sp³-hybridized carbons (Fsp3) is 0.500. The highest BCUT2D eigenvalue weighted by Crippen LogP contribution is 2.24.